The number of rotatable bonds is 4. The van der Waals surface area contributed by atoms with Gasteiger partial charge in [0, 0.05) is 5.75 Å². The van der Waals surface area contributed by atoms with Crippen LogP contribution in [0.2, 0.25) is 0 Å². The Bertz CT molecular complexity index is 1230. The number of aromatic nitrogens is 2. The Labute approximate surface area is 169 Å². The maximum absolute atomic E-state index is 13.3. The Morgan fingerprint density at radius 1 is 0.857 bits per heavy atom. The minimum absolute atomic E-state index is 0.0267. The predicted octanol–water partition coefficient (Wildman–Crippen LogP) is 5.60. The second kappa shape index (κ2) is 7.64. The summed E-state index contributed by atoms with van der Waals surface area (Å²) in [6.45, 7) is 6.26. The van der Waals surface area contributed by atoms with Crippen LogP contribution >= 0.6 is 11.8 Å². The largest absolute Gasteiger partial charge is 0.268 e. The monoisotopic (exact) mass is 386 g/mol. The number of hydrogen-bond acceptors (Lipinski definition) is 3. The molecular formula is C24H22N2OS. The highest BCUT2D eigenvalue weighted by molar-refractivity contribution is 7.98. The normalized spacial score (nSPS) is 11.1. The molecule has 0 saturated heterocycles. The van der Waals surface area contributed by atoms with Crippen molar-refractivity contribution in [1.82, 2.24) is 9.55 Å². The molecule has 0 aliphatic carbocycles. The summed E-state index contributed by atoms with van der Waals surface area (Å²) in [6, 6.07) is 22.0. The van der Waals surface area contributed by atoms with Gasteiger partial charge in [0.05, 0.1) is 16.6 Å². The Kier molecular flexibility index (Phi) is 5.05. The molecule has 0 unspecified atom stereocenters. The molecule has 0 aliphatic rings. The van der Waals surface area contributed by atoms with E-state index in [9.17, 15) is 4.79 Å². The lowest BCUT2D eigenvalue weighted by molar-refractivity contribution is 0.818. The summed E-state index contributed by atoms with van der Waals surface area (Å²) in [7, 11) is 0. The third-order valence-corrected chi connectivity index (χ3v) is 6.10. The van der Waals surface area contributed by atoms with Crippen LogP contribution in [-0.2, 0) is 5.75 Å². The smallest absolute Gasteiger partial charge is 0.266 e. The number of aryl methyl sites for hydroxylation is 3. The number of para-hydroxylation sites is 1. The fourth-order valence-corrected chi connectivity index (χ4v) is 4.30. The van der Waals surface area contributed by atoms with Crippen LogP contribution in [0.25, 0.3) is 16.6 Å². The van der Waals surface area contributed by atoms with Crippen LogP contribution in [-0.4, -0.2) is 9.55 Å². The van der Waals surface area contributed by atoms with Gasteiger partial charge in [-0.2, -0.15) is 0 Å². The summed E-state index contributed by atoms with van der Waals surface area (Å²) < 4.78 is 1.75. The molecule has 0 fully saturated rings. The second-order valence-corrected chi connectivity index (χ2v) is 7.98. The molecule has 140 valence electrons. The minimum atomic E-state index is -0.0267. The van der Waals surface area contributed by atoms with Crippen LogP contribution in [0.1, 0.15) is 22.3 Å². The van der Waals surface area contributed by atoms with Crippen LogP contribution in [0.3, 0.4) is 0 Å². The molecule has 0 radical (unpaired) electrons. The zero-order valence-corrected chi connectivity index (χ0v) is 17.1. The lowest BCUT2D eigenvalue weighted by Crippen LogP contribution is -2.22. The number of nitrogens with zero attached hydrogens (tertiary/aromatic N) is 2. The van der Waals surface area contributed by atoms with Crippen LogP contribution in [0.4, 0.5) is 0 Å². The number of thioether (sulfide) groups is 1. The maximum Gasteiger partial charge on any atom is 0.266 e. The average Bonchev–Trinajstić information content (AvgIpc) is 2.70. The summed E-state index contributed by atoms with van der Waals surface area (Å²) in [5.74, 6) is 0.766. The van der Waals surface area contributed by atoms with Gasteiger partial charge in [-0.15, -0.1) is 0 Å². The molecule has 0 bridgehead atoms. The van der Waals surface area contributed by atoms with Crippen molar-refractivity contribution in [1.29, 1.82) is 0 Å². The van der Waals surface area contributed by atoms with E-state index in [1.807, 2.05) is 42.5 Å². The Balaban J connectivity index is 1.87. The van der Waals surface area contributed by atoms with Gasteiger partial charge in [0.1, 0.15) is 0 Å². The first-order chi connectivity index (χ1) is 13.5. The van der Waals surface area contributed by atoms with Crippen molar-refractivity contribution in [3.05, 3.63) is 99.3 Å². The van der Waals surface area contributed by atoms with Gasteiger partial charge < -0.3 is 0 Å². The molecule has 4 rings (SSSR count). The molecule has 3 nitrogen and oxygen atoms in total. The third-order valence-electron chi connectivity index (χ3n) is 5.11. The van der Waals surface area contributed by atoms with E-state index in [1.54, 1.807) is 16.3 Å². The Hall–Kier alpha value is -2.85. The van der Waals surface area contributed by atoms with Gasteiger partial charge in [-0.05, 0) is 67.3 Å². The lowest BCUT2D eigenvalue weighted by Gasteiger charge is -2.15. The summed E-state index contributed by atoms with van der Waals surface area (Å²) in [5, 5.41) is 1.36. The highest BCUT2D eigenvalue weighted by Gasteiger charge is 2.14. The molecule has 0 saturated carbocycles. The summed E-state index contributed by atoms with van der Waals surface area (Å²) in [5.41, 5.74) is 6.43. The second-order valence-electron chi connectivity index (χ2n) is 7.04. The van der Waals surface area contributed by atoms with Crippen LogP contribution in [0, 0.1) is 20.8 Å². The standard InChI is InChI=1S/C24H22N2OS/c1-16-12-13-20(14-18(16)3)26-23(27)21-10-6-7-11-22(21)25-24(26)28-15-19-9-5-4-8-17(19)2/h4-14H,15H2,1-3H3. The number of fused-ring (bicyclic) bond motifs is 1. The van der Waals surface area contributed by atoms with Crippen molar-refractivity contribution < 1.29 is 0 Å². The van der Waals surface area contributed by atoms with Gasteiger partial charge in [-0.3, -0.25) is 9.36 Å². The van der Waals surface area contributed by atoms with E-state index in [4.69, 9.17) is 4.98 Å². The van der Waals surface area contributed by atoms with E-state index < -0.39 is 0 Å². The van der Waals surface area contributed by atoms with Crippen molar-refractivity contribution in [2.24, 2.45) is 0 Å². The average molecular weight is 387 g/mol. The fraction of sp³-hybridized carbons (Fsp3) is 0.167. The van der Waals surface area contributed by atoms with Gasteiger partial charge in [0.2, 0.25) is 0 Å². The van der Waals surface area contributed by atoms with Crippen molar-refractivity contribution >= 4 is 22.7 Å². The summed E-state index contributed by atoms with van der Waals surface area (Å²) in [4.78, 5) is 18.2. The van der Waals surface area contributed by atoms with Crippen LogP contribution in [0.15, 0.2) is 76.7 Å². The molecule has 0 amide bonds. The quantitative estimate of drug-likeness (QED) is 0.338. The Morgan fingerprint density at radius 2 is 1.61 bits per heavy atom. The molecule has 3 aromatic carbocycles. The van der Waals surface area contributed by atoms with E-state index in [1.165, 1.54) is 16.7 Å². The van der Waals surface area contributed by atoms with Crippen LogP contribution in [0.5, 0.6) is 0 Å². The van der Waals surface area contributed by atoms with Gasteiger partial charge in [0.25, 0.3) is 5.56 Å². The van der Waals surface area contributed by atoms with Gasteiger partial charge in [-0.25, -0.2) is 4.98 Å². The Morgan fingerprint density at radius 3 is 2.39 bits per heavy atom. The van der Waals surface area contributed by atoms with Crippen molar-refractivity contribution in [3.8, 4) is 5.69 Å². The van der Waals surface area contributed by atoms with E-state index in [-0.39, 0.29) is 5.56 Å². The zero-order valence-electron chi connectivity index (χ0n) is 16.3. The van der Waals surface area contributed by atoms with E-state index in [2.05, 4.69) is 45.0 Å². The highest BCUT2D eigenvalue weighted by atomic mass is 32.2. The van der Waals surface area contributed by atoms with E-state index >= 15 is 0 Å². The first kappa shape index (κ1) is 18.5. The summed E-state index contributed by atoms with van der Waals surface area (Å²) >= 11 is 1.60. The first-order valence-electron chi connectivity index (χ1n) is 9.31. The molecule has 1 heterocycles. The molecular weight excluding hydrogens is 364 g/mol. The van der Waals surface area contributed by atoms with Gasteiger partial charge >= 0.3 is 0 Å². The highest BCUT2D eigenvalue weighted by Crippen LogP contribution is 2.26. The third kappa shape index (κ3) is 3.48. The van der Waals surface area contributed by atoms with Crippen molar-refractivity contribution in [3.63, 3.8) is 0 Å². The predicted molar refractivity (Wildman–Crippen MR) is 118 cm³/mol. The molecule has 28 heavy (non-hydrogen) atoms. The first-order valence-corrected chi connectivity index (χ1v) is 10.3. The maximum atomic E-state index is 13.3. The number of hydrogen-bond donors (Lipinski definition) is 0. The molecule has 0 atom stereocenters. The molecule has 0 N–H and O–H groups in total. The van der Waals surface area contributed by atoms with Gasteiger partial charge in [-0.1, -0.05) is 54.2 Å². The molecule has 4 aromatic rings. The topological polar surface area (TPSA) is 34.9 Å². The molecule has 0 spiro atoms. The minimum Gasteiger partial charge on any atom is -0.268 e. The molecule has 0 aliphatic heterocycles. The molecule has 1 aromatic heterocycles. The SMILES string of the molecule is Cc1ccc(-n2c(SCc3ccccc3C)nc3ccccc3c2=O)cc1C. The molecule has 4 heteroatoms. The fourth-order valence-electron chi connectivity index (χ4n) is 3.22. The van der Waals surface area contributed by atoms with E-state index in [0.717, 1.165) is 27.7 Å². The summed E-state index contributed by atoms with van der Waals surface area (Å²) in [6.07, 6.45) is 0. The van der Waals surface area contributed by atoms with Crippen LogP contribution < -0.4 is 5.56 Å². The zero-order chi connectivity index (χ0) is 19.7. The lowest BCUT2D eigenvalue weighted by atomic mass is 10.1. The number of benzene rings is 3. The van der Waals surface area contributed by atoms with E-state index in [0.29, 0.717) is 5.39 Å². The van der Waals surface area contributed by atoms with Crippen molar-refractivity contribution in [2.75, 3.05) is 0 Å². The van der Waals surface area contributed by atoms with Gasteiger partial charge in [0.15, 0.2) is 5.16 Å². The van der Waals surface area contributed by atoms with Crippen molar-refractivity contribution in [2.45, 2.75) is 31.7 Å².